The summed E-state index contributed by atoms with van der Waals surface area (Å²) in [6, 6.07) is 2.05. The molecule has 1 N–H and O–H groups in total. The molecule has 3 rings (SSSR count). The van der Waals surface area contributed by atoms with Crippen LogP contribution in [0, 0.1) is 6.92 Å². The Morgan fingerprint density at radius 3 is 2.41 bits per heavy atom. The van der Waals surface area contributed by atoms with E-state index >= 15 is 0 Å². The van der Waals surface area contributed by atoms with Crippen LogP contribution in [-0.2, 0) is 6.54 Å². The Kier molecular flexibility index (Phi) is 4.87. The molecule has 0 atom stereocenters. The molecule has 4 heteroatoms. The summed E-state index contributed by atoms with van der Waals surface area (Å²) in [6.45, 7) is 4.87. The van der Waals surface area contributed by atoms with Crippen molar-refractivity contribution in [3.05, 3.63) is 27.7 Å². The average molecular weight is 304 g/mol. The lowest BCUT2D eigenvalue weighted by Gasteiger charge is -2.33. The molecule has 0 radical (unpaired) electrons. The molecule has 122 valence electrons. The molecule has 0 spiro atoms. The minimum Gasteiger partial charge on any atom is -0.503 e. The van der Waals surface area contributed by atoms with Crippen LogP contribution in [0.15, 0.2) is 10.9 Å². The van der Waals surface area contributed by atoms with Crippen LogP contribution in [0.2, 0.25) is 0 Å². The number of rotatable bonds is 3. The van der Waals surface area contributed by atoms with Crippen LogP contribution in [0.3, 0.4) is 0 Å². The van der Waals surface area contributed by atoms with Crippen LogP contribution in [0.1, 0.15) is 68.8 Å². The van der Waals surface area contributed by atoms with E-state index in [1.54, 1.807) is 6.07 Å². The maximum atomic E-state index is 12.1. The molecule has 1 aliphatic carbocycles. The van der Waals surface area contributed by atoms with Gasteiger partial charge in [0.25, 0.3) is 0 Å². The lowest BCUT2D eigenvalue weighted by atomic mass is 9.94. The van der Waals surface area contributed by atoms with Crippen molar-refractivity contribution in [1.82, 2.24) is 9.47 Å². The molecule has 2 aliphatic rings. The number of hydrogen-bond donors (Lipinski definition) is 1. The zero-order chi connectivity index (χ0) is 15.5. The highest BCUT2D eigenvalue weighted by atomic mass is 16.3. The second-order valence-corrected chi connectivity index (χ2v) is 6.94. The molecule has 0 aromatic carbocycles. The summed E-state index contributed by atoms with van der Waals surface area (Å²) in [5, 5.41) is 10.4. The number of piperidine rings is 1. The molecule has 1 aromatic rings. The molecule has 0 amide bonds. The predicted molar refractivity (Wildman–Crippen MR) is 88.4 cm³/mol. The van der Waals surface area contributed by atoms with Crippen LogP contribution >= 0.6 is 0 Å². The van der Waals surface area contributed by atoms with Crippen LogP contribution < -0.4 is 5.43 Å². The highest BCUT2D eigenvalue weighted by Gasteiger charge is 2.23. The van der Waals surface area contributed by atoms with E-state index in [1.807, 2.05) is 6.92 Å². The van der Waals surface area contributed by atoms with Gasteiger partial charge in [-0.3, -0.25) is 9.69 Å². The van der Waals surface area contributed by atoms with Crippen molar-refractivity contribution in [3.8, 4) is 5.75 Å². The largest absolute Gasteiger partial charge is 0.503 e. The van der Waals surface area contributed by atoms with Gasteiger partial charge in [0.1, 0.15) is 0 Å². The summed E-state index contributed by atoms with van der Waals surface area (Å²) in [4.78, 5) is 14.4. The minimum absolute atomic E-state index is 0.0262. The van der Waals surface area contributed by atoms with E-state index in [1.165, 1.54) is 38.5 Å². The number of aromatic nitrogens is 1. The molecule has 4 nitrogen and oxygen atoms in total. The first-order valence-corrected chi connectivity index (χ1v) is 8.83. The topological polar surface area (TPSA) is 45.5 Å². The molecular formula is C18H28N2O2. The molecule has 2 fully saturated rings. The Morgan fingerprint density at radius 2 is 1.73 bits per heavy atom. The quantitative estimate of drug-likeness (QED) is 0.931. The van der Waals surface area contributed by atoms with Crippen LogP contribution in [0.25, 0.3) is 0 Å². The Bertz CT molecular complexity index is 567. The zero-order valence-corrected chi connectivity index (χ0v) is 13.7. The van der Waals surface area contributed by atoms with Gasteiger partial charge in [-0.05, 0) is 45.7 Å². The number of pyridine rings is 1. The van der Waals surface area contributed by atoms with Crippen molar-refractivity contribution in [2.24, 2.45) is 0 Å². The summed E-state index contributed by atoms with van der Waals surface area (Å²) in [5.41, 5.74) is 1.62. The van der Waals surface area contributed by atoms with E-state index in [0.717, 1.165) is 37.3 Å². The summed E-state index contributed by atoms with van der Waals surface area (Å²) in [7, 11) is 0. The van der Waals surface area contributed by atoms with Crippen molar-refractivity contribution in [3.63, 3.8) is 0 Å². The second kappa shape index (κ2) is 6.86. The summed E-state index contributed by atoms with van der Waals surface area (Å²) in [6.07, 6.45) is 9.88. The molecule has 0 unspecified atom stereocenters. The Labute approximate surface area is 132 Å². The van der Waals surface area contributed by atoms with E-state index in [9.17, 15) is 9.90 Å². The van der Waals surface area contributed by atoms with E-state index in [-0.39, 0.29) is 11.2 Å². The first kappa shape index (κ1) is 15.6. The molecule has 1 saturated carbocycles. The van der Waals surface area contributed by atoms with E-state index in [4.69, 9.17) is 0 Å². The highest BCUT2D eigenvalue weighted by Crippen LogP contribution is 2.32. The zero-order valence-electron chi connectivity index (χ0n) is 13.7. The third-order valence-electron chi connectivity index (χ3n) is 5.28. The number of aromatic hydroxyl groups is 1. The van der Waals surface area contributed by atoms with Gasteiger partial charge in [-0.2, -0.15) is 0 Å². The van der Waals surface area contributed by atoms with Crippen LogP contribution in [0.4, 0.5) is 0 Å². The number of likely N-dealkylation sites (tertiary alicyclic amines) is 1. The second-order valence-electron chi connectivity index (χ2n) is 6.94. The van der Waals surface area contributed by atoms with Gasteiger partial charge in [0.15, 0.2) is 5.75 Å². The van der Waals surface area contributed by atoms with Gasteiger partial charge in [0.2, 0.25) is 5.43 Å². The molecule has 0 bridgehead atoms. The fourth-order valence-corrected chi connectivity index (χ4v) is 4.12. The molecule has 1 aliphatic heterocycles. The average Bonchev–Trinajstić information content (AvgIpc) is 2.54. The minimum atomic E-state index is -0.225. The van der Waals surface area contributed by atoms with Crippen molar-refractivity contribution >= 4 is 0 Å². The fraction of sp³-hybridized carbons (Fsp3) is 0.722. The summed E-state index contributed by atoms with van der Waals surface area (Å²) < 4.78 is 2.27. The monoisotopic (exact) mass is 304 g/mol. The van der Waals surface area contributed by atoms with Gasteiger partial charge in [-0.15, -0.1) is 0 Å². The van der Waals surface area contributed by atoms with Gasteiger partial charge in [0.05, 0.1) is 5.69 Å². The number of hydrogen-bond acceptors (Lipinski definition) is 3. The maximum absolute atomic E-state index is 12.1. The smallest absolute Gasteiger partial charge is 0.223 e. The Balaban J connectivity index is 1.95. The summed E-state index contributed by atoms with van der Waals surface area (Å²) in [5.74, 6) is -0.0262. The number of aryl methyl sites for hydroxylation is 1. The Morgan fingerprint density at radius 1 is 1.09 bits per heavy atom. The Hall–Kier alpha value is -1.29. The molecular weight excluding hydrogens is 276 g/mol. The van der Waals surface area contributed by atoms with Gasteiger partial charge in [-0.1, -0.05) is 25.7 Å². The SMILES string of the molecule is Cc1cc(=O)c(O)c(CN2CCCCC2)n1C1CCCCC1. The highest BCUT2D eigenvalue weighted by molar-refractivity contribution is 5.30. The summed E-state index contributed by atoms with van der Waals surface area (Å²) >= 11 is 0. The molecule has 1 aromatic heterocycles. The van der Waals surface area contributed by atoms with Gasteiger partial charge < -0.3 is 9.67 Å². The maximum Gasteiger partial charge on any atom is 0.223 e. The molecule has 2 heterocycles. The van der Waals surface area contributed by atoms with Crippen molar-refractivity contribution in [2.45, 2.75) is 70.9 Å². The molecule has 1 saturated heterocycles. The lowest BCUT2D eigenvalue weighted by molar-refractivity contribution is 0.206. The first-order chi connectivity index (χ1) is 10.7. The van der Waals surface area contributed by atoms with Crippen molar-refractivity contribution in [2.75, 3.05) is 13.1 Å². The number of nitrogens with zero attached hydrogens (tertiary/aromatic N) is 2. The van der Waals surface area contributed by atoms with Crippen molar-refractivity contribution in [1.29, 1.82) is 0 Å². The predicted octanol–water partition coefficient (Wildman–Crippen LogP) is 3.35. The van der Waals surface area contributed by atoms with Gasteiger partial charge in [0, 0.05) is 24.3 Å². The standard InChI is InChI=1S/C18H28N2O2/c1-14-12-17(21)18(22)16(13-19-10-6-3-7-11-19)20(14)15-8-4-2-5-9-15/h12,15,22H,2-11,13H2,1H3. The van der Waals surface area contributed by atoms with E-state index in [0.29, 0.717) is 12.6 Å². The lowest BCUT2D eigenvalue weighted by Crippen LogP contribution is -2.32. The molecule has 22 heavy (non-hydrogen) atoms. The van der Waals surface area contributed by atoms with Crippen molar-refractivity contribution < 1.29 is 5.11 Å². The normalized spacial score (nSPS) is 21.1. The van der Waals surface area contributed by atoms with E-state index < -0.39 is 0 Å². The third-order valence-corrected chi connectivity index (χ3v) is 5.28. The van der Waals surface area contributed by atoms with Crippen LogP contribution in [-0.4, -0.2) is 27.7 Å². The third kappa shape index (κ3) is 3.22. The van der Waals surface area contributed by atoms with Crippen LogP contribution in [0.5, 0.6) is 5.75 Å². The fourth-order valence-electron chi connectivity index (χ4n) is 4.12. The van der Waals surface area contributed by atoms with Gasteiger partial charge >= 0.3 is 0 Å². The first-order valence-electron chi connectivity index (χ1n) is 8.83. The van der Waals surface area contributed by atoms with E-state index in [2.05, 4.69) is 9.47 Å². The van der Waals surface area contributed by atoms with Gasteiger partial charge in [-0.25, -0.2) is 0 Å².